The molecule has 5 heteroatoms. The Hall–Kier alpha value is -1.26. The molecule has 0 spiro atoms. The molecule has 1 saturated carbocycles. The van der Waals surface area contributed by atoms with E-state index in [4.69, 9.17) is 9.47 Å². The topological polar surface area (TPSA) is 64.6 Å². The summed E-state index contributed by atoms with van der Waals surface area (Å²) in [5.74, 6) is -0.334. The Kier molecular flexibility index (Phi) is 2.09. The van der Waals surface area contributed by atoms with E-state index >= 15 is 0 Å². The van der Waals surface area contributed by atoms with Crippen molar-refractivity contribution in [1.29, 1.82) is 0 Å². The van der Waals surface area contributed by atoms with Crippen LogP contribution in [0.15, 0.2) is 0 Å². The van der Waals surface area contributed by atoms with Crippen molar-refractivity contribution in [3.05, 3.63) is 0 Å². The summed E-state index contributed by atoms with van der Waals surface area (Å²) in [4.78, 5) is 22.7. The van der Waals surface area contributed by atoms with Crippen LogP contribution in [0.5, 0.6) is 0 Å². The van der Waals surface area contributed by atoms with Crippen LogP contribution < -0.4 is 5.32 Å². The number of amides is 1. The Balaban J connectivity index is 2.14. The molecule has 2 bridgehead atoms. The van der Waals surface area contributed by atoms with Crippen LogP contribution >= 0.6 is 0 Å². The fourth-order valence-electron chi connectivity index (χ4n) is 2.10. The highest BCUT2D eigenvalue weighted by Crippen LogP contribution is 2.36. The number of nitrogens with one attached hydrogen (secondary N) is 1. The van der Waals surface area contributed by atoms with E-state index in [2.05, 4.69) is 5.32 Å². The fourth-order valence-corrected chi connectivity index (χ4v) is 2.10. The van der Waals surface area contributed by atoms with Gasteiger partial charge in [0.15, 0.2) is 0 Å². The zero-order valence-corrected chi connectivity index (χ0v) is 8.04. The molecule has 1 aliphatic heterocycles. The fraction of sp³-hybridized carbons (Fsp3) is 0.778. The first-order valence-electron chi connectivity index (χ1n) is 4.82. The normalized spacial score (nSPS) is 34.6. The van der Waals surface area contributed by atoms with Gasteiger partial charge in [0.2, 0.25) is 0 Å². The lowest BCUT2D eigenvalue weighted by molar-refractivity contribution is -0.152. The van der Waals surface area contributed by atoms with Crippen molar-refractivity contribution >= 4 is 12.1 Å². The minimum atomic E-state index is -0.810. The molecule has 2 aliphatic rings. The number of rotatable bonds is 2. The summed E-state index contributed by atoms with van der Waals surface area (Å²) in [5, 5.41) is 2.57. The Morgan fingerprint density at radius 1 is 1.79 bits per heavy atom. The highest BCUT2D eigenvalue weighted by atomic mass is 16.6. The smallest absolute Gasteiger partial charge is 0.408 e. The van der Waals surface area contributed by atoms with Crippen LogP contribution in [0.4, 0.5) is 4.79 Å². The summed E-state index contributed by atoms with van der Waals surface area (Å²) in [7, 11) is 0. The molecule has 0 aromatic carbocycles. The van der Waals surface area contributed by atoms with E-state index in [9.17, 15) is 9.59 Å². The number of carbonyl (C=O) groups is 2. The first-order chi connectivity index (χ1) is 6.66. The maximum Gasteiger partial charge on any atom is 0.408 e. The van der Waals surface area contributed by atoms with Crippen molar-refractivity contribution in [3.63, 3.8) is 0 Å². The molecular weight excluding hydrogens is 186 g/mol. The van der Waals surface area contributed by atoms with Crippen LogP contribution in [0.1, 0.15) is 26.2 Å². The molecular formula is C9H13NO4. The molecule has 0 radical (unpaired) electrons. The van der Waals surface area contributed by atoms with Crippen molar-refractivity contribution in [2.45, 2.75) is 37.8 Å². The van der Waals surface area contributed by atoms with Crippen LogP contribution in [0.2, 0.25) is 0 Å². The molecule has 2 unspecified atom stereocenters. The third kappa shape index (κ3) is 1.32. The first kappa shape index (κ1) is 9.30. The number of hydrogen-bond donors (Lipinski definition) is 1. The van der Waals surface area contributed by atoms with Crippen LogP contribution in [0.3, 0.4) is 0 Å². The van der Waals surface area contributed by atoms with Gasteiger partial charge in [-0.05, 0) is 19.8 Å². The number of fused-ring (bicyclic) bond motifs is 2. The van der Waals surface area contributed by atoms with Gasteiger partial charge >= 0.3 is 12.1 Å². The molecule has 2 fully saturated rings. The second-order valence-electron chi connectivity index (χ2n) is 3.70. The highest BCUT2D eigenvalue weighted by molar-refractivity contribution is 5.87. The van der Waals surface area contributed by atoms with Gasteiger partial charge in [-0.1, -0.05) is 0 Å². The van der Waals surface area contributed by atoms with Crippen molar-refractivity contribution in [2.75, 3.05) is 6.61 Å². The first-order valence-corrected chi connectivity index (χ1v) is 4.82. The summed E-state index contributed by atoms with van der Waals surface area (Å²) in [6, 6.07) is 0. The van der Waals surface area contributed by atoms with Crippen molar-refractivity contribution in [1.82, 2.24) is 5.32 Å². The van der Waals surface area contributed by atoms with Crippen molar-refractivity contribution < 1.29 is 19.1 Å². The predicted octanol–water partition coefficient (Wildman–Crippen LogP) is 0.581. The average molecular weight is 199 g/mol. The van der Waals surface area contributed by atoms with Gasteiger partial charge in [-0.25, -0.2) is 9.59 Å². The predicted molar refractivity (Wildman–Crippen MR) is 46.6 cm³/mol. The number of ether oxygens (including phenoxy) is 2. The Labute approximate surface area is 81.7 Å². The number of hydrogen-bond acceptors (Lipinski definition) is 4. The van der Waals surface area contributed by atoms with Crippen LogP contribution in [-0.2, 0) is 14.3 Å². The summed E-state index contributed by atoms with van der Waals surface area (Å²) in [6.45, 7) is 2.09. The lowest BCUT2D eigenvalue weighted by Crippen LogP contribution is -2.57. The molecule has 5 nitrogen and oxygen atoms in total. The largest absolute Gasteiger partial charge is 0.464 e. The highest BCUT2D eigenvalue weighted by Gasteiger charge is 2.52. The van der Waals surface area contributed by atoms with E-state index in [1.54, 1.807) is 6.92 Å². The van der Waals surface area contributed by atoms with E-state index in [0.29, 0.717) is 19.4 Å². The standard InChI is InChI=1S/C9H13NO4/c1-2-13-7(11)9-4-3-6(5-9)14-8(12)10-9/h6H,2-5H2,1H3,(H,10,12). The summed E-state index contributed by atoms with van der Waals surface area (Å²) in [5.41, 5.74) is -0.810. The zero-order chi connectivity index (χ0) is 10.2. The second kappa shape index (κ2) is 3.15. The molecule has 1 amide bonds. The van der Waals surface area contributed by atoms with E-state index in [-0.39, 0.29) is 12.1 Å². The van der Waals surface area contributed by atoms with E-state index in [1.165, 1.54) is 0 Å². The molecule has 78 valence electrons. The number of carbonyl (C=O) groups excluding carboxylic acids is 2. The van der Waals surface area contributed by atoms with Gasteiger partial charge in [0.1, 0.15) is 11.6 Å². The van der Waals surface area contributed by atoms with Gasteiger partial charge in [0, 0.05) is 6.42 Å². The van der Waals surface area contributed by atoms with Gasteiger partial charge in [-0.3, -0.25) is 0 Å². The van der Waals surface area contributed by atoms with Crippen LogP contribution in [0.25, 0.3) is 0 Å². The summed E-state index contributed by atoms with van der Waals surface area (Å²) in [6.07, 6.45) is 1.26. The molecule has 1 saturated heterocycles. The van der Waals surface area contributed by atoms with Gasteiger partial charge in [0.25, 0.3) is 0 Å². The second-order valence-corrected chi connectivity index (χ2v) is 3.70. The Morgan fingerprint density at radius 2 is 2.57 bits per heavy atom. The van der Waals surface area contributed by atoms with Crippen molar-refractivity contribution in [2.24, 2.45) is 0 Å². The lowest BCUT2D eigenvalue weighted by Gasteiger charge is -2.31. The molecule has 2 rings (SSSR count). The minimum Gasteiger partial charge on any atom is -0.464 e. The molecule has 0 aromatic rings. The third-order valence-electron chi connectivity index (χ3n) is 2.75. The molecule has 2 atom stereocenters. The monoisotopic (exact) mass is 199 g/mol. The van der Waals surface area contributed by atoms with Gasteiger partial charge in [-0.2, -0.15) is 0 Å². The number of esters is 1. The molecule has 1 N–H and O–H groups in total. The van der Waals surface area contributed by atoms with Gasteiger partial charge in [-0.15, -0.1) is 0 Å². The lowest BCUT2D eigenvalue weighted by atomic mass is 9.97. The molecule has 0 aromatic heterocycles. The summed E-state index contributed by atoms with van der Waals surface area (Å²) < 4.78 is 9.91. The molecule has 1 aliphatic carbocycles. The average Bonchev–Trinajstić information content (AvgIpc) is 2.44. The quantitative estimate of drug-likeness (QED) is 0.661. The van der Waals surface area contributed by atoms with Crippen LogP contribution in [-0.4, -0.2) is 30.3 Å². The van der Waals surface area contributed by atoms with E-state index in [0.717, 1.165) is 6.42 Å². The van der Waals surface area contributed by atoms with E-state index < -0.39 is 11.6 Å². The maximum absolute atomic E-state index is 11.6. The molecule has 1 heterocycles. The number of alkyl carbamates (subject to hydrolysis) is 1. The van der Waals surface area contributed by atoms with Gasteiger partial charge < -0.3 is 14.8 Å². The maximum atomic E-state index is 11.6. The van der Waals surface area contributed by atoms with Crippen LogP contribution in [0, 0.1) is 0 Å². The van der Waals surface area contributed by atoms with E-state index in [1.807, 2.05) is 0 Å². The Bertz CT molecular complexity index is 278. The van der Waals surface area contributed by atoms with Crippen molar-refractivity contribution in [3.8, 4) is 0 Å². The van der Waals surface area contributed by atoms with Gasteiger partial charge in [0.05, 0.1) is 6.61 Å². The zero-order valence-electron chi connectivity index (χ0n) is 8.04. The summed E-state index contributed by atoms with van der Waals surface area (Å²) >= 11 is 0. The minimum absolute atomic E-state index is 0.117. The Morgan fingerprint density at radius 3 is 3.29 bits per heavy atom. The SMILES string of the molecule is CCOC(=O)C12CCC(C1)OC(=O)N2. The molecule has 14 heavy (non-hydrogen) atoms. The third-order valence-corrected chi connectivity index (χ3v) is 2.75.